The molecule has 1 aromatic carbocycles. The Balaban J connectivity index is 2.14. The number of nitrogens with one attached hydrogen (secondary N) is 1. The maximum atomic E-state index is 12.3. The normalized spacial score (nSPS) is 17.2. The van der Waals surface area contributed by atoms with Gasteiger partial charge in [-0.25, -0.2) is 4.79 Å². The second-order valence-corrected chi connectivity index (χ2v) is 6.01. The molecule has 1 aromatic rings. The molecule has 5 heteroatoms. The lowest BCUT2D eigenvalue weighted by Gasteiger charge is -2.28. The van der Waals surface area contributed by atoms with Gasteiger partial charge in [0, 0.05) is 10.6 Å². The van der Waals surface area contributed by atoms with E-state index in [1.165, 1.54) is 0 Å². The first kappa shape index (κ1) is 15.8. The smallest absolute Gasteiger partial charge is 0.326 e. The fourth-order valence-corrected chi connectivity index (χ4v) is 3.10. The van der Waals surface area contributed by atoms with Crippen molar-refractivity contribution in [3.8, 4) is 0 Å². The van der Waals surface area contributed by atoms with Gasteiger partial charge in [0.2, 0.25) is 0 Å². The first-order chi connectivity index (χ1) is 10.0. The van der Waals surface area contributed by atoms with Crippen LogP contribution in [0.5, 0.6) is 0 Å². The van der Waals surface area contributed by atoms with Crippen molar-refractivity contribution in [3.05, 3.63) is 34.3 Å². The summed E-state index contributed by atoms with van der Waals surface area (Å²) in [6.45, 7) is 1.76. The van der Waals surface area contributed by atoms with Crippen LogP contribution in [0.2, 0.25) is 5.02 Å². The molecule has 2 rings (SSSR count). The highest BCUT2D eigenvalue weighted by atomic mass is 35.5. The van der Waals surface area contributed by atoms with Crippen LogP contribution in [0.3, 0.4) is 0 Å². The summed E-state index contributed by atoms with van der Waals surface area (Å²) in [5.41, 5.74) is 1.11. The Bertz CT molecular complexity index is 538. The molecule has 1 unspecified atom stereocenters. The van der Waals surface area contributed by atoms with Gasteiger partial charge in [-0.15, -0.1) is 0 Å². The molecule has 1 aliphatic rings. The van der Waals surface area contributed by atoms with Gasteiger partial charge in [-0.05, 0) is 43.4 Å². The minimum absolute atomic E-state index is 0.0136. The summed E-state index contributed by atoms with van der Waals surface area (Å²) in [6, 6.07) is 4.25. The molecular formula is C16H20ClNO3. The van der Waals surface area contributed by atoms with Crippen molar-refractivity contribution in [3.63, 3.8) is 0 Å². The predicted octanol–water partition coefficient (Wildman–Crippen LogP) is 3.41. The van der Waals surface area contributed by atoms with Gasteiger partial charge in [0.1, 0.15) is 6.04 Å². The lowest BCUT2D eigenvalue weighted by molar-refractivity contribution is -0.141. The highest BCUT2D eigenvalue weighted by Crippen LogP contribution is 2.27. The van der Waals surface area contributed by atoms with E-state index in [1.807, 2.05) is 0 Å². The number of aliphatic carboxylic acids is 1. The Morgan fingerprint density at radius 1 is 1.29 bits per heavy atom. The molecule has 0 spiro atoms. The van der Waals surface area contributed by atoms with Gasteiger partial charge in [-0.3, -0.25) is 4.79 Å². The van der Waals surface area contributed by atoms with Gasteiger partial charge in [-0.1, -0.05) is 36.9 Å². The van der Waals surface area contributed by atoms with Gasteiger partial charge in [0.25, 0.3) is 5.91 Å². The third kappa shape index (κ3) is 3.76. The second-order valence-electron chi connectivity index (χ2n) is 5.60. The molecule has 1 saturated carbocycles. The fourth-order valence-electron chi connectivity index (χ4n) is 2.92. The van der Waals surface area contributed by atoms with Crippen LogP contribution in [0.15, 0.2) is 18.2 Å². The molecule has 1 fully saturated rings. The van der Waals surface area contributed by atoms with Crippen molar-refractivity contribution in [1.29, 1.82) is 0 Å². The van der Waals surface area contributed by atoms with Crippen molar-refractivity contribution >= 4 is 23.5 Å². The van der Waals surface area contributed by atoms with Crippen molar-refractivity contribution in [1.82, 2.24) is 5.32 Å². The number of halogens is 1. The second kappa shape index (κ2) is 6.94. The van der Waals surface area contributed by atoms with Crippen LogP contribution in [0.1, 0.15) is 48.0 Å². The number of carbonyl (C=O) groups is 2. The van der Waals surface area contributed by atoms with E-state index in [9.17, 15) is 14.7 Å². The van der Waals surface area contributed by atoms with E-state index in [0.717, 1.165) is 32.1 Å². The molecule has 1 atom stereocenters. The Labute approximate surface area is 129 Å². The summed E-state index contributed by atoms with van der Waals surface area (Å²) in [7, 11) is 0. The molecule has 114 valence electrons. The number of carbonyl (C=O) groups excluding carboxylic acids is 1. The summed E-state index contributed by atoms with van der Waals surface area (Å²) >= 11 is 6.01. The van der Waals surface area contributed by atoms with Crippen LogP contribution in [0.4, 0.5) is 0 Å². The van der Waals surface area contributed by atoms with E-state index in [1.54, 1.807) is 25.1 Å². The number of benzene rings is 1. The monoisotopic (exact) mass is 309 g/mol. The third-order valence-corrected chi connectivity index (χ3v) is 4.60. The van der Waals surface area contributed by atoms with E-state index in [0.29, 0.717) is 16.1 Å². The summed E-state index contributed by atoms with van der Waals surface area (Å²) < 4.78 is 0. The summed E-state index contributed by atoms with van der Waals surface area (Å²) in [5.74, 6) is -1.32. The highest BCUT2D eigenvalue weighted by Gasteiger charge is 2.31. The first-order valence-electron chi connectivity index (χ1n) is 7.29. The lowest BCUT2D eigenvalue weighted by atomic mass is 9.83. The van der Waals surface area contributed by atoms with E-state index < -0.39 is 12.0 Å². The van der Waals surface area contributed by atoms with Crippen LogP contribution < -0.4 is 5.32 Å². The zero-order chi connectivity index (χ0) is 15.4. The number of rotatable bonds is 4. The molecule has 21 heavy (non-hydrogen) atoms. The minimum atomic E-state index is -0.963. The zero-order valence-corrected chi connectivity index (χ0v) is 12.8. The van der Waals surface area contributed by atoms with Gasteiger partial charge in [-0.2, -0.15) is 0 Å². The Morgan fingerprint density at radius 2 is 1.95 bits per heavy atom. The Kier molecular flexibility index (Phi) is 5.23. The van der Waals surface area contributed by atoms with Crippen LogP contribution >= 0.6 is 11.6 Å². The van der Waals surface area contributed by atoms with Crippen LogP contribution in [0.25, 0.3) is 0 Å². The average molecular weight is 310 g/mol. The molecule has 0 saturated heterocycles. The largest absolute Gasteiger partial charge is 0.480 e. The average Bonchev–Trinajstić information content (AvgIpc) is 2.48. The van der Waals surface area contributed by atoms with Crippen molar-refractivity contribution in [2.24, 2.45) is 5.92 Å². The number of carboxylic acid groups (broad SMARTS) is 1. The zero-order valence-electron chi connectivity index (χ0n) is 12.1. The van der Waals surface area contributed by atoms with Crippen molar-refractivity contribution in [2.75, 3.05) is 0 Å². The number of carboxylic acids is 1. The molecule has 0 aliphatic heterocycles. The van der Waals surface area contributed by atoms with Crippen molar-refractivity contribution < 1.29 is 14.7 Å². The number of amides is 1. The molecule has 1 aliphatic carbocycles. The van der Waals surface area contributed by atoms with Gasteiger partial charge < -0.3 is 10.4 Å². The maximum Gasteiger partial charge on any atom is 0.326 e. The standard InChI is InChI=1S/C16H20ClNO3/c1-10-12(8-5-9-13(10)17)15(19)18-14(16(20)21)11-6-3-2-4-7-11/h5,8-9,11,14H,2-4,6-7H2,1H3,(H,18,19)(H,20,21). The molecule has 1 amide bonds. The highest BCUT2D eigenvalue weighted by molar-refractivity contribution is 6.31. The Morgan fingerprint density at radius 3 is 2.57 bits per heavy atom. The van der Waals surface area contributed by atoms with Crippen LogP contribution in [-0.2, 0) is 4.79 Å². The maximum absolute atomic E-state index is 12.3. The number of hydrogen-bond donors (Lipinski definition) is 2. The van der Waals surface area contributed by atoms with Gasteiger partial charge in [0.15, 0.2) is 0 Å². The molecule has 4 nitrogen and oxygen atoms in total. The SMILES string of the molecule is Cc1c(Cl)cccc1C(=O)NC(C(=O)O)C1CCCCC1. The van der Waals surface area contributed by atoms with Gasteiger partial charge >= 0.3 is 5.97 Å². The summed E-state index contributed by atoms with van der Waals surface area (Å²) in [5, 5.41) is 12.6. The van der Waals surface area contributed by atoms with E-state index in [-0.39, 0.29) is 11.8 Å². The summed E-state index contributed by atoms with van der Waals surface area (Å²) in [6.07, 6.45) is 4.91. The van der Waals surface area contributed by atoms with Crippen LogP contribution in [0, 0.1) is 12.8 Å². The van der Waals surface area contributed by atoms with Gasteiger partial charge in [0.05, 0.1) is 0 Å². The van der Waals surface area contributed by atoms with E-state index in [4.69, 9.17) is 11.6 Å². The molecule has 2 N–H and O–H groups in total. The minimum Gasteiger partial charge on any atom is -0.480 e. The molecule has 0 heterocycles. The summed E-state index contributed by atoms with van der Waals surface area (Å²) in [4.78, 5) is 23.8. The van der Waals surface area contributed by atoms with Crippen LogP contribution in [-0.4, -0.2) is 23.0 Å². The third-order valence-electron chi connectivity index (χ3n) is 4.19. The Hall–Kier alpha value is -1.55. The van der Waals surface area contributed by atoms with Crippen molar-refractivity contribution in [2.45, 2.75) is 45.1 Å². The fraction of sp³-hybridized carbons (Fsp3) is 0.500. The quantitative estimate of drug-likeness (QED) is 0.895. The van der Waals surface area contributed by atoms with E-state index in [2.05, 4.69) is 5.32 Å². The first-order valence-corrected chi connectivity index (χ1v) is 7.67. The molecule has 0 radical (unpaired) electrons. The molecule has 0 aromatic heterocycles. The number of hydrogen-bond acceptors (Lipinski definition) is 2. The topological polar surface area (TPSA) is 66.4 Å². The lowest BCUT2D eigenvalue weighted by Crippen LogP contribution is -2.46. The predicted molar refractivity (Wildman–Crippen MR) is 81.7 cm³/mol. The molecule has 0 bridgehead atoms. The molecular weight excluding hydrogens is 290 g/mol. The van der Waals surface area contributed by atoms with E-state index >= 15 is 0 Å².